The standard InChI is InChI=1S/C17H31BrN2O/c18-9-12-19-10-4-11-20(14-13-19)15-16-5-8-17(21-16)6-2-1-3-7-17/h16H,1-15H2. The van der Waals surface area contributed by atoms with Gasteiger partial charge in [0.25, 0.3) is 0 Å². The van der Waals surface area contributed by atoms with Crippen LogP contribution in [0.15, 0.2) is 0 Å². The largest absolute Gasteiger partial charge is 0.370 e. The molecule has 1 spiro atoms. The molecule has 0 amide bonds. The Bertz CT molecular complexity index is 320. The summed E-state index contributed by atoms with van der Waals surface area (Å²) in [4.78, 5) is 5.24. The number of halogens is 1. The van der Waals surface area contributed by atoms with E-state index in [9.17, 15) is 0 Å². The molecule has 122 valence electrons. The normalized spacial score (nSPS) is 31.6. The second-order valence-corrected chi connectivity index (χ2v) is 8.00. The molecule has 0 bridgehead atoms. The zero-order valence-corrected chi connectivity index (χ0v) is 15.0. The van der Waals surface area contributed by atoms with Gasteiger partial charge in [0.05, 0.1) is 11.7 Å². The molecule has 3 nitrogen and oxygen atoms in total. The molecule has 0 aromatic heterocycles. The molecular weight excluding hydrogens is 328 g/mol. The summed E-state index contributed by atoms with van der Waals surface area (Å²) in [6.45, 7) is 7.33. The average molecular weight is 359 g/mol. The molecule has 2 aliphatic heterocycles. The van der Waals surface area contributed by atoms with Gasteiger partial charge in [-0.05, 0) is 45.2 Å². The highest BCUT2D eigenvalue weighted by Gasteiger charge is 2.41. The monoisotopic (exact) mass is 358 g/mol. The Morgan fingerprint density at radius 2 is 1.67 bits per heavy atom. The minimum absolute atomic E-state index is 0.288. The summed E-state index contributed by atoms with van der Waals surface area (Å²) in [5.41, 5.74) is 0.288. The van der Waals surface area contributed by atoms with Crippen LogP contribution in [0, 0.1) is 0 Å². The van der Waals surface area contributed by atoms with Crippen molar-refractivity contribution < 1.29 is 4.74 Å². The quantitative estimate of drug-likeness (QED) is 0.717. The fourth-order valence-electron chi connectivity index (χ4n) is 4.43. The molecule has 0 radical (unpaired) electrons. The van der Waals surface area contributed by atoms with E-state index in [0.29, 0.717) is 6.10 Å². The molecule has 0 aromatic rings. The van der Waals surface area contributed by atoms with E-state index in [1.807, 2.05) is 0 Å². The van der Waals surface area contributed by atoms with E-state index in [1.165, 1.54) is 90.6 Å². The van der Waals surface area contributed by atoms with E-state index >= 15 is 0 Å². The predicted molar refractivity (Wildman–Crippen MR) is 91.2 cm³/mol. The maximum absolute atomic E-state index is 6.55. The summed E-state index contributed by atoms with van der Waals surface area (Å²) >= 11 is 3.56. The molecule has 3 rings (SSSR count). The Morgan fingerprint density at radius 3 is 2.48 bits per heavy atom. The first-order valence-corrected chi connectivity index (χ1v) is 10.1. The maximum atomic E-state index is 6.55. The van der Waals surface area contributed by atoms with Crippen LogP contribution in [0.1, 0.15) is 51.4 Å². The van der Waals surface area contributed by atoms with Crippen LogP contribution in [0.5, 0.6) is 0 Å². The van der Waals surface area contributed by atoms with Gasteiger partial charge in [0, 0.05) is 31.5 Å². The zero-order valence-electron chi connectivity index (χ0n) is 13.4. The van der Waals surface area contributed by atoms with Gasteiger partial charge in [-0.3, -0.25) is 4.90 Å². The first-order chi connectivity index (χ1) is 10.3. The predicted octanol–water partition coefficient (Wildman–Crippen LogP) is 3.27. The van der Waals surface area contributed by atoms with Crippen molar-refractivity contribution in [3.05, 3.63) is 0 Å². The SMILES string of the molecule is BrCCN1CCCN(CC2CCC3(CCCCC3)O2)CC1. The second-order valence-electron chi connectivity index (χ2n) is 7.21. The Morgan fingerprint density at radius 1 is 0.905 bits per heavy atom. The molecule has 1 aliphatic carbocycles. The van der Waals surface area contributed by atoms with Crippen molar-refractivity contribution in [2.24, 2.45) is 0 Å². The van der Waals surface area contributed by atoms with E-state index in [0.717, 1.165) is 5.33 Å². The molecule has 2 saturated heterocycles. The molecule has 1 atom stereocenters. The van der Waals surface area contributed by atoms with Crippen LogP contribution in [0.4, 0.5) is 0 Å². The van der Waals surface area contributed by atoms with Crippen molar-refractivity contribution in [1.82, 2.24) is 9.80 Å². The molecule has 3 fully saturated rings. The third kappa shape index (κ3) is 4.43. The summed E-state index contributed by atoms with van der Waals surface area (Å²) in [6, 6.07) is 0. The average Bonchev–Trinajstić information content (AvgIpc) is 2.73. The molecule has 1 unspecified atom stereocenters. The van der Waals surface area contributed by atoms with Crippen molar-refractivity contribution in [3.8, 4) is 0 Å². The molecule has 0 N–H and O–H groups in total. The fourth-order valence-corrected chi connectivity index (χ4v) is 4.93. The van der Waals surface area contributed by atoms with Crippen molar-refractivity contribution in [3.63, 3.8) is 0 Å². The van der Waals surface area contributed by atoms with Gasteiger partial charge in [0.2, 0.25) is 0 Å². The summed E-state index contributed by atoms with van der Waals surface area (Å²) in [7, 11) is 0. The lowest BCUT2D eigenvalue weighted by molar-refractivity contribution is -0.0715. The summed E-state index contributed by atoms with van der Waals surface area (Å²) in [6.07, 6.45) is 11.3. The summed E-state index contributed by atoms with van der Waals surface area (Å²) in [5.74, 6) is 0. The second kappa shape index (κ2) is 7.76. The van der Waals surface area contributed by atoms with Crippen LogP contribution in [0.25, 0.3) is 0 Å². The Kier molecular flexibility index (Phi) is 6.00. The minimum Gasteiger partial charge on any atom is -0.370 e. The number of hydrogen-bond donors (Lipinski definition) is 0. The number of hydrogen-bond acceptors (Lipinski definition) is 3. The number of nitrogens with zero attached hydrogens (tertiary/aromatic N) is 2. The van der Waals surface area contributed by atoms with Gasteiger partial charge >= 0.3 is 0 Å². The van der Waals surface area contributed by atoms with Crippen molar-refractivity contribution in [2.75, 3.05) is 44.6 Å². The van der Waals surface area contributed by atoms with Crippen molar-refractivity contribution in [2.45, 2.75) is 63.1 Å². The maximum Gasteiger partial charge on any atom is 0.0710 e. The first-order valence-electron chi connectivity index (χ1n) is 8.98. The van der Waals surface area contributed by atoms with Crippen LogP contribution < -0.4 is 0 Å². The van der Waals surface area contributed by atoms with Gasteiger partial charge < -0.3 is 9.64 Å². The molecule has 1 saturated carbocycles. The topological polar surface area (TPSA) is 15.7 Å². The molecular formula is C17H31BrN2O. The van der Waals surface area contributed by atoms with Crippen LogP contribution >= 0.6 is 15.9 Å². The molecule has 21 heavy (non-hydrogen) atoms. The lowest BCUT2D eigenvalue weighted by Gasteiger charge is -2.34. The highest BCUT2D eigenvalue weighted by molar-refractivity contribution is 9.09. The van der Waals surface area contributed by atoms with Gasteiger partial charge in [-0.25, -0.2) is 0 Å². The van der Waals surface area contributed by atoms with Crippen LogP contribution in [0.2, 0.25) is 0 Å². The fraction of sp³-hybridized carbons (Fsp3) is 1.00. The molecule has 3 aliphatic rings. The Hall–Kier alpha value is 0.360. The molecule has 4 heteroatoms. The molecule has 0 aromatic carbocycles. The number of rotatable bonds is 4. The summed E-state index contributed by atoms with van der Waals surface area (Å²) < 4.78 is 6.55. The van der Waals surface area contributed by atoms with Gasteiger partial charge in [-0.1, -0.05) is 35.2 Å². The highest BCUT2D eigenvalue weighted by Crippen LogP contribution is 2.42. The van der Waals surface area contributed by atoms with E-state index in [4.69, 9.17) is 4.74 Å². The lowest BCUT2D eigenvalue weighted by atomic mass is 9.83. The summed E-state index contributed by atoms with van der Waals surface area (Å²) in [5, 5.41) is 1.10. The third-order valence-corrected chi connectivity index (χ3v) is 6.00. The van der Waals surface area contributed by atoms with E-state index < -0.39 is 0 Å². The minimum atomic E-state index is 0.288. The van der Waals surface area contributed by atoms with Gasteiger partial charge in [-0.2, -0.15) is 0 Å². The van der Waals surface area contributed by atoms with Gasteiger partial charge in [0.15, 0.2) is 0 Å². The van der Waals surface area contributed by atoms with E-state index in [-0.39, 0.29) is 5.60 Å². The first kappa shape index (κ1) is 16.2. The smallest absolute Gasteiger partial charge is 0.0710 e. The van der Waals surface area contributed by atoms with Crippen LogP contribution in [-0.2, 0) is 4.74 Å². The number of ether oxygens (including phenoxy) is 1. The zero-order chi connectivity index (χ0) is 14.5. The van der Waals surface area contributed by atoms with Crippen LogP contribution in [0.3, 0.4) is 0 Å². The van der Waals surface area contributed by atoms with E-state index in [2.05, 4.69) is 25.7 Å². The Balaban J connectivity index is 1.44. The van der Waals surface area contributed by atoms with Crippen molar-refractivity contribution >= 4 is 15.9 Å². The van der Waals surface area contributed by atoms with E-state index in [1.54, 1.807) is 0 Å². The van der Waals surface area contributed by atoms with Crippen molar-refractivity contribution in [1.29, 1.82) is 0 Å². The highest BCUT2D eigenvalue weighted by atomic mass is 79.9. The van der Waals surface area contributed by atoms with Gasteiger partial charge in [-0.15, -0.1) is 0 Å². The Labute approximate surface area is 138 Å². The third-order valence-electron chi connectivity index (χ3n) is 5.65. The molecule has 2 heterocycles. The number of alkyl halides is 1. The lowest BCUT2D eigenvalue weighted by Crippen LogP contribution is -2.38. The van der Waals surface area contributed by atoms with Crippen LogP contribution in [-0.4, -0.2) is 66.1 Å². The van der Waals surface area contributed by atoms with Gasteiger partial charge in [0.1, 0.15) is 0 Å².